The van der Waals surface area contributed by atoms with Crippen molar-refractivity contribution in [1.82, 2.24) is 19.6 Å². The molecule has 0 spiro atoms. The molecule has 27 heavy (non-hydrogen) atoms. The lowest BCUT2D eigenvalue weighted by atomic mass is 10.1. The zero-order valence-electron chi connectivity index (χ0n) is 16.0. The molecule has 3 aliphatic rings. The van der Waals surface area contributed by atoms with Crippen molar-refractivity contribution in [2.45, 2.75) is 43.9 Å². The SMILES string of the molecule is CN1C(=O)c2ccc(-c3cnn(C)c3)cc2O[C@H]2CN(C3CCCC3)C[C@H]21. The van der Waals surface area contributed by atoms with Crippen LogP contribution in [-0.2, 0) is 7.05 Å². The van der Waals surface area contributed by atoms with Crippen LogP contribution in [0.25, 0.3) is 11.1 Å². The van der Waals surface area contributed by atoms with Gasteiger partial charge in [0.1, 0.15) is 11.9 Å². The summed E-state index contributed by atoms with van der Waals surface area (Å²) in [4.78, 5) is 17.5. The first kappa shape index (κ1) is 16.8. The topological polar surface area (TPSA) is 50.6 Å². The zero-order chi connectivity index (χ0) is 18.5. The fraction of sp³-hybridized carbons (Fsp3) is 0.524. The molecule has 1 amide bonds. The van der Waals surface area contributed by atoms with Gasteiger partial charge in [0.05, 0.1) is 17.8 Å². The van der Waals surface area contributed by atoms with Crippen molar-refractivity contribution in [1.29, 1.82) is 0 Å². The number of hydrogen-bond donors (Lipinski definition) is 0. The maximum atomic E-state index is 13.1. The number of hydrogen-bond acceptors (Lipinski definition) is 4. The molecule has 2 aromatic rings. The number of rotatable bonds is 2. The van der Waals surface area contributed by atoms with E-state index < -0.39 is 0 Å². The predicted molar refractivity (Wildman–Crippen MR) is 103 cm³/mol. The van der Waals surface area contributed by atoms with Gasteiger partial charge in [0.15, 0.2) is 0 Å². The van der Waals surface area contributed by atoms with Crippen LogP contribution in [-0.4, -0.2) is 63.8 Å². The Hall–Kier alpha value is -2.34. The maximum absolute atomic E-state index is 13.1. The van der Waals surface area contributed by atoms with E-state index in [2.05, 4.69) is 10.00 Å². The van der Waals surface area contributed by atoms with E-state index in [4.69, 9.17) is 4.74 Å². The molecular weight excluding hydrogens is 340 g/mol. The number of likely N-dealkylation sites (N-methyl/N-ethyl adjacent to an activating group) is 1. The highest BCUT2D eigenvalue weighted by Gasteiger charge is 2.44. The molecule has 5 rings (SSSR count). The van der Waals surface area contributed by atoms with Gasteiger partial charge in [-0.25, -0.2) is 0 Å². The molecule has 2 aliphatic heterocycles. The van der Waals surface area contributed by atoms with E-state index >= 15 is 0 Å². The van der Waals surface area contributed by atoms with Gasteiger partial charge in [0.25, 0.3) is 5.91 Å². The average molecular weight is 366 g/mol. The summed E-state index contributed by atoms with van der Waals surface area (Å²) in [5, 5.41) is 4.25. The fourth-order valence-electron chi connectivity index (χ4n) is 4.89. The highest BCUT2D eigenvalue weighted by molar-refractivity contribution is 5.98. The third kappa shape index (κ3) is 2.83. The molecule has 1 saturated heterocycles. The van der Waals surface area contributed by atoms with Crippen LogP contribution in [0.1, 0.15) is 36.0 Å². The third-order valence-corrected chi connectivity index (χ3v) is 6.45. The van der Waals surface area contributed by atoms with E-state index in [-0.39, 0.29) is 18.1 Å². The van der Waals surface area contributed by atoms with Crippen LogP contribution in [0.3, 0.4) is 0 Å². The number of fused-ring (bicyclic) bond motifs is 2. The van der Waals surface area contributed by atoms with Gasteiger partial charge < -0.3 is 9.64 Å². The van der Waals surface area contributed by atoms with Gasteiger partial charge in [0, 0.05) is 45.0 Å². The molecule has 1 aliphatic carbocycles. The number of carbonyl (C=O) groups is 1. The molecule has 0 radical (unpaired) electrons. The van der Waals surface area contributed by atoms with Crippen LogP contribution in [0.2, 0.25) is 0 Å². The molecule has 2 fully saturated rings. The number of likely N-dealkylation sites (tertiary alicyclic amines) is 1. The van der Waals surface area contributed by atoms with Gasteiger partial charge >= 0.3 is 0 Å². The van der Waals surface area contributed by atoms with Crippen molar-refractivity contribution in [3.63, 3.8) is 0 Å². The summed E-state index contributed by atoms with van der Waals surface area (Å²) in [7, 11) is 3.83. The smallest absolute Gasteiger partial charge is 0.257 e. The third-order valence-electron chi connectivity index (χ3n) is 6.45. The van der Waals surface area contributed by atoms with Crippen molar-refractivity contribution in [3.8, 4) is 16.9 Å². The van der Waals surface area contributed by atoms with Crippen LogP contribution in [0.4, 0.5) is 0 Å². The molecule has 1 aromatic carbocycles. The number of benzene rings is 1. The molecular formula is C21H26N4O2. The first-order chi connectivity index (χ1) is 13.1. The van der Waals surface area contributed by atoms with E-state index in [1.165, 1.54) is 25.7 Å². The van der Waals surface area contributed by atoms with Crippen LogP contribution in [0.5, 0.6) is 5.75 Å². The lowest BCUT2D eigenvalue weighted by Crippen LogP contribution is -2.44. The van der Waals surface area contributed by atoms with E-state index in [0.717, 1.165) is 24.2 Å². The summed E-state index contributed by atoms with van der Waals surface area (Å²) in [6.07, 6.45) is 9.05. The minimum atomic E-state index is 0.0324. The number of aromatic nitrogens is 2. The Kier molecular flexibility index (Phi) is 3.97. The molecule has 2 atom stereocenters. The first-order valence-electron chi connectivity index (χ1n) is 9.91. The number of nitrogens with zero attached hydrogens (tertiary/aromatic N) is 4. The predicted octanol–water partition coefficient (Wildman–Crippen LogP) is 2.55. The Morgan fingerprint density at radius 2 is 1.93 bits per heavy atom. The van der Waals surface area contributed by atoms with E-state index in [0.29, 0.717) is 17.4 Å². The number of amides is 1. The number of ether oxygens (including phenoxy) is 1. The normalized spacial score (nSPS) is 26.0. The number of carbonyl (C=O) groups excluding carboxylic acids is 1. The van der Waals surface area contributed by atoms with E-state index in [1.54, 1.807) is 4.68 Å². The van der Waals surface area contributed by atoms with Gasteiger partial charge in [-0.15, -0.1) is 0 Å². The van der Waals surface area contributed by atoms with E-state index in [1.807, 2.05) is 49.6 Å². The largest absolute Gasteiger partial charge is 0.486 e. The monoisotopic (exact) mass is 366 g/mol. The summed E-state index contributed by atoms with van der Waals surface area (Å²) >= 11 is 0. The molecule has 6 heteroatoms. The summed E-state index contributed by atoms with van der Waals surface area (Å²) in [6, 6.07) is 6.65. The van der Waals surface area contributed by atoms with Crippen molar-refractivity contribution in [3.05, 3.63) is 36.2 Å². The highest BCUT2D eigenvalue weighted by Crippen LogP contribution is 2.36. The van der Waals surface area contributed by atoms with Crippen LogP contribution < -0.4 is 4.74 Å². The molecule has 0 bridgehead atoms. The lowest BCUT2D eigenvalue weighted by molar-refractivity contribution is 0.0681. The molecule has 0 N–H and O–H groups in total. The summed E-state index contributed by atoms with van der Waals surface area (Å²) in [6.45, 7) is 1.82. The van der Waals surface area contributed by atoms with Crippen molar-refractivity contribution >= 4 is 5.91 Å². The molecule has 0 unspecified atom stereocenters. The Morgan fingerprint density at radius 1 is 1.11 bits per heavy atom. The lowest BCUT2D eigenvalue weighted by Gasteiger charge is -2.26. The second kappa shape index (κ2) is 6.37. The second-order valence-corrected chi connectivity index (χ2v) is 8.15. The minimum Gasteiger partial charge on any atom is -0.486 e. The van der Waals surface area contributed by atoms with Crippen LogP contribution in [0, 0.1) is 0 Å². The van der Waals surface area contributed by atoms with Gasteiger partial charge in [-0.2, -0.15) is 5.10 Å². The highest BCUT2D eigenvalue weighted by atomic mass is 16.5. The van der Waals surface area contributed by atoms with E-state index in [9.17, 15) is 4.79 Å². The van der Waals surface area contributed by atoms with Crippen LogP contribution in [0.15, 0.2) is 30.6 Å². The van der Waals surface area contributed by atoms with Crippen molar-refractivity contribution < 1.29 is 9.53 Å². The van der Waals surface area contributed by atoms with Crippen molar-refractivity contribution in [2.75, 3.05) is 20.1 Å². The Bertz CT molecular complexity index is 871. The number of aryl methyl sites for hydroxylation is 1. The van der Waals surface area contributed by atoms with Crippen molar-refractivity contribution in [2.24, 2.45) is 7.05 Å². The Balaban J connectivity index is 1.47. The zero-order valence-corrected chi connectivity index (χ0v) is 16.0. The summed E-state index contributed by atoms with van der Waals surface area (Å²) in [5.74, 6) is 0.762. The fourth-order valence-corrected chi connectivity index (χ4v) is 4.89. The summed E-state index contributed by atoms with van der Waals surface area (Å²) < 4.78 is 8.23. The standard InChI is InChI=1S/C21H26N4O2/c1-23-11-15(10-22-23)14-7-8-17-19(9-14)27-20-13-25(16-5-3-4-6-16)12-18(20)24(2)21(17)26/h7-11,16,18,20H,3-6,12-13H2,1-2H3/t18-,20+/m1/s1. The molecule has 142 valence electrons. The second-order valence-electron chi connectivity index (χ2n) is 8.15. The molecule has 1 aromatic heterocycles. The first-order valence-corrected chi connectivity index (χ1v) is 9.91. The van der Waals surface area contributed by atoms with Gasteiger partial charge in [-0.3, -0.25) is 14.4 Å². The maximum Gasteiger partial charge on any atom is 0.257 e. The average Bonchev–Trinajstić information content (AvgIpc) is 3.40. The minimum absolute atomic E-state index is 0.0324. The molecule has 6 nitrogen and oxygen atoms in total. The molecule has 3 heterocycles. The van der Waals surface area contributed by atoms with Crippen LogP contribution >= 0.6 is 0 Å². The Labute approximate surface area is 159 Å². The molecule has 1 saturated carbocycles. The van der Waals surface area contributed by atoms with Gasteiger partial charge in [-0.1, -0.05) is 18.9 Å². The summed E-state index contributed by atoms with van der Waals surface area (Å²) in [5.41, 5.74) is 2.72. The van der Waals surface area contributed by atoms with Gasteiger partial charge in [0.2, 0.25) is 0 Å². The Morgan fingerprint density at radius 3 is 2.67 bits per heavy atom. The quantitative estimate of drug-likeness (QED) is 0.820. The van der Waals surface area contributed by atoms with Gasteiger partial charge in [-0.05, 0) is 30.5 Å².